The molecule has 0 aliphatic carbocycles. The molecule has 0 bridgehead atoms. The van der Waals surface area contributed by atoms with Crippen molar-refractivity contribution in [2.45, 2.75) is 63.8 Å². The van der Waals surface area contributed by atoms with E-state index in [-0.39, 0.29) is 12.0 Å². The highest BCUT2D eigenvalue weighted by molar-refractivity contribution is 6.30. The molecule has 5 nitrogen and oxygen atoms in total. The standard InChI is InChI=1S/C30H34ClN3O2/c1-20(34-28(23-10-6-5-7-11-23)27(33)29(35)36-30(2,3)4)26(18-21-13-15-25(31)16-14-21)24-12-8-9-22(17-24)19-32/h5-17,20,26-28,34H,18,33H2,1-4H3/t20-,26+,27?,28?/m0/s1. The molecule has 3 rings (SSSR count). The van der Waals surface area contributed by atoms with Gasteiger partial charge in [0.15, 0.2) is 0 Å². The molecular formula is C30H34ClN3O2. The van der Waals surface area contributed by atoms with Crippen LogP contribution < -0.4 is 11.1 Å². The number of nitrogens with two attached hydrogens (primary N) is 1. The van der Waals surface area contributed by atoms with E-state index in [2.05, 4.69) is 18.3 Å². The molecule has 4 atom stereocenters. The Kier molecular flexibility index (Phi) is 9.28. The van der Waals surface area contributed by atoms with Crippen LogP contribution in [-0.4, -0.2) is 23.7 Å². The van der Waals surface area contributed by atoms with Gasteiger partial charge in [-0.25, -0.2) is 0 Å². The number of nitrogens with zero attached hydrogens (tertiary/aromatic N) is 1. The van der Waals surface area contributed by atoms with Crippen molar-refractivity contribution in [1.29, 1.82) is 5.26 Å². The van der Waals surface area contributed by atoms with E-state index in [1.165, 1.54) is 0 Å². The van der Waals surface area contributed by atoms with Crippen LogP contribution in [0.3, 0.4) is 0 Å². The summed E-state index contributed by atoms with van der Waals surface area (Å²) in [5.41, 5.74) is 9.52. The van der Waals surface area contributed by atoms with Crippen molar-refractivity contribution in [3.05, 3.63) is 106 Å². The second-order valence-corrected chi connectivity index (χ2v) is 10.5. The van der Waals surface area contributed by atoms with Crippen molar-refractivity contribution in [1.82, 2.24) is 5.32 Å². The molecule has 188 valence electrons. The van der Waals surface area contributed by atoms with Gasteiger partial charge >= 0.3 is 5.97 Å². The summed E-state index contributed by atoms with van der Waals surface area (Å²) in [6.07, 6.45) is 0.712. The number of esters is 1. The van der Waals surface area contributed by atoms with E-state index < -0.39 is 23.7 Å². The highest BCUT2D eigenvalue weighted by Gasteiger charge is 2.33. The minimum atomic E-state index is -0.907. The lowest BCUT2D eigenvalue weighted by Crippen LogP contribution is -2.49. The molecule has 3 aromatic carbocycles. The molecule has 0 heterocycles. The molecule has 3 N–H and O–H groups in total. The lowest BCUT2D eigenvalue weighted by Gasteiger charge is -2.33. The van der Waals surface area contributed by atoms with Crippen molar-refractivity contribution < 1.29 is 9.53 Å². The van der Waals surface area contributed by atoms with Crippen LogP contribution in [0.15, 0.2) is 78.9 Å². The number of halogens is 1. The van der Waals surface area contributed by atoms with Crippen LogP contribution in [-0.2, 0) is 16.0 Å². The van der Waals surface area contributed by atoms with E-state index in [0.717, 1.165) is 16.7 Å². The summed E-state index contributed by atoms with van der Waals surface area (Å²) in [6.45, 7) is 7.57. The summed E-state index contributed by atoms with van der Waals surface area (Å²) < 4.78 is 5.61. The van der Waals surface area contributed by atoms with E-state index >= 15 is 0 Å². The highest BCUT2D eigenvalue weighted by Crippen LogP contribution is 2.29. The SMILES string of the molecule is C[C@H](NC(c1ccccc1)C(N)C(=O)OC(C)(C)C)[C@@H](Cc1ccc(Cl)cc1)c1cccc(C#N)c1. The third-order valence-electron chi connectivity index (χ3n) is 6.06. The monoisotopic (exact) mass is 503 g/mol. The first-order valence-electron chi connectivity index (χ1n) is 12.1. The molecule has 0 saturated heterocycles. The number of nitriles is 1. The lowest BCUT2D eigenvalue weighted by molar-refractivity contribution is -0.157. The summed E-state index contributed by atoms with van der Waals surface area (Å²) in [5.74, 6) is -0.465. The quantitative estimate of drug-likeness (QED) is 0.353. The van der Waals surface area contributed by atoms with Gasteiger partial charge in [0.25, 0.3) is 0 Å². The van der Waals surface area contributed by atoms with Crippen LogP contribution in [0.4, 0.5) is 0 Å². The molecule has 6 heteroatoms. The molecular weight excluding hydrogens is 470 g/mol. The second-order valence-electron chi connectivity index (χ2n) is 10.1. The largest absolute Gasteiger partial charge is 0.459 e. The van der Waals surface area contributed by atoms with Crippen molar-refractivity contribution in [2.24, 2.45) is 5.73 Å². The number of nitrogens with one attached hydrogen (secondary N) is 1. The topological polar surface area (TPSA) is 88.1 Å². The number of hydrogen-bond acceptors (Lipinski definition) is 5. The minimum Gasteiger partial charge on any atom is -0.459 e. The van der Waals surface area contributed by atoms with Gasteiger partial charge in [-0.3, -0.25) is 4.79 Å². The molecule has 0 amide bonds. The molecule has 0 radical (unpaired) electrons. The zero-order valence-corrected chi connectivity index (χ0v) is 22.0. The van der Waals surface area contributed by atoms with Gasteiger partial charge in [0.05, 0.1) is 17.7 Å². The Morgan fingerprint density at radius 1 is 1.03 bits per heavy atom. The van der Waals surface area contributed by atoms with Gasteiger partial charge in [-0.15, -0.1) is 0 Å². The zero-order valence-electron chi connectivity index (χ0n) is 21.2. The Bertz CT molecular complexity index is 1180. The van der Waals surface area contributed by atoms with Crippen molar-refractivity contribution in [3.63, 3.8) is 0 Å². The maximum Gasteiger partial charge on any atom is 0.325 e. The number of carbonyl (C=O) groups is 1. The molecule has 0 aliphatic heterocycles. The van der Waals surface area contributed by atoms with Gasteiger partial charge in [0, 0.05) is 17.0 Å². The average molecular weight is 504 g/mol. The first-order valence-corrected chi connectivity index (χ1v) is 12.5. The summed E-state index contributed by atoms with van der Waals surface area (Å²) in [7, 11) is 0. The fraction of sp³-hybridized carbons (Fsp3) is 0.333. The van der Waals surface area contributed by atoms with Gasteiger partial charge < -0.3 is 15.8 Å². The average Bonchev–Trinajstić information content (AvgIpc) is 2.86. The van der Waals surface area contributed by atoms with E-state index in [9.17, 15) is 10.1 Å². The van der Waals surface area contributed by atoms with Gasteiger partial charge in [0.1, 0.15) is 11.6 Å². The van der Waals surface area contributed by atoms with E-state index in [1.54, 1.807) is 6.07 Å². The van der Waals surface area contributed by atoms with E-state index in [0.29, 0.717) is 17.0 Å². The van der Waals surface area contributed by atoms with Crippen LogP contribution in [0.25, 0.3) is 0 Å². The fourth-order valence-electron chi connectivity index (χ4n) is 4.27. The molecule has 0 spiro atoms. The normalized spacial score (nSPS) is 14.8. The van der Waals surface area contributed by atoms with Gasteiger partial charge in [-0.1, -0.05) is 66.2 Å². The van der Waals surface area contributed by atoms with Crippen LogP contribution in [0, 0.1) is 11.3 Å². The number of ether oxygens (including phenoxy) is 1. The first kappa shape index (κ1) is 27.4. The lowest BCUT2D eigenvalue weighted by atomic mass is 9.85. The molecule has 0 aliphatic rings. The Balaban J connectivity index is 1.95. The Hall–Kier alpha value is -3.17. The Morgan fingerprint density at radius 2 is 1.67 bits per heavy atom. The smallest absolute Gasteiger partial charge is 0.325 e. The van der Waals surface area contributed by atoms with Gasteiger partial charge in [-0.05, 0) is 75.1 Å². The number of hydrogen-bond donors (Lipinski definition) is 2. The molecule has 3 aromatic rings. The van der Waals surface area contributed by atoms with Gasteiger partial charge in [0.2, 0.25) is 0 Å². The summed E-state index contributed by atoms with van der Waals surface area (Å²) in [5, 5.41) is 13.8. The summed E-state index contributed by atoms with van der Waals surface area (Å²) in [4.78, 5) is 13.0. The third kappa shape index (κ3) is 7.66. The predicted molar refractivity (Wildman–Crippen MR) is 145 cm³/mol. The Morgan fingerprint density at radius 3 is 2.28 bits per heavy atom. The number of carbonyl (C=O) groups excluding carboxylic acids is 1. The maximum absolute atomic E-state index is 13.0. The summed E-state index contributed by atoms with van der Waals surface area (Å²) in [6, 6.07) is 25.9. The zero-order chi connectivity index (χ0) is 26.3. The van der Waals surface area contributed by atoms with Crippen molar-refractivity contribution in [3.8, 4) is 6.07 Å². The fourth-order valence-corrected chi connectivity index (χ4v) is 4.40. The molecule has 0 saturated carbocycles. The van der Waals surface area contributed by atoms with Crippen molar-refractivity contribution in [2.75, 3.05) is 0 Å². The van der Waals surface area contributed by atoms with Crippen LogP contribution in [0.2, 0.25) is 5.02 Å². The highest BCUT2D eigenvalue weighted by atomic mass is 35.5. The minimum absolute atomic E-state index is 0.00322. The molecule has 0 fully saturated rings. The number of benzene rings is 3. The Labute approximate surface area is 219 Å². The molecule has 0 aromatic heterocycles. The van der Waals surface area contributed by atoms with Crippen LogP contribution >= 0.6 is 11.6 Å². The molecule has 2 unspecified atom stereocenters. The molecule has 36 heavy (non-hydrogen) atoms. The van der Waals surface area contributed by atoms with Crippen LogP contribution in [0.1, 0.15) is 61.9 Å². The second kappa shape index (κ2) is 12.2. The third-order valence-corrected chi connectivity index (χ3v) is 6.31. The maximum atomic E-state index is 13.0. The van der Waals surface area contributed by atoms with Crippen LogP contribution in [0.5, 0.6) is 0 Å². The van der Waals surface area contributed by atoms with Gasteiger partial charge in [-0.2, -0.15) is 5.26 Å². The van der Waals surface area contributed by atoms with E-state index in [4.69, 9.17) is 22.1 Å². The summed E-state index contributed by atoms with van der Waals surface area (Å²) >= 11 is 6.11. The van der Waals surface area contributed by atoms with Crippen molar-refractivity contribution >= 4 is 17.6 Å². The first-order chi connectivity index (χ1) is 17.1. The van der Waals surface area contributed by atoms with E-state index in [1.807, 2.05) is 93.6 Å². The predicted octanol–water partition coefficient (Wildman–Crippen LogP) is 5.93. The number of rotatable bonds is 9.